The van der Waals surface area contributed by atoms with E-state index in [2.05, 4.69) is 21.2 Å². The van der Waals surface area contributed by atoms with Gasteiger partial charge in [0.25, 0.3) is 5.91 Å². The number of nitrogens with one attached hydrogen (secondary N) is 1. The Kier molecular flexibility index (Phi) is 5.38. The van der Waals surface area contributed by atoms with Crippen LogP contribution in [0.5, 0.6) is 11.5 Å². The fourth-order valence-corrected chi connectivity index (χ4v) is 4.37. The second-order valence-corrected chi connectivity index (χ2v) is 8.53. The Bertz CT molecular complexity index is 1020. The molecule has 2 aliphatic heterocycles. The number of hydrogen-bond acceptors (Lipinski definition) is 6. The summed E-state index contributed by atoms with van der Waals surface area (Å²) in [6, 6.07) is 12.7. The van der Waals surface area contributed by atoms with Gasteiger partial charge in [0.1, 0.15) is 10.9 Å². The topological polar surface area (TPSA) is 67.9 Å². The molecule has 1 saturated heterocycles. The van der Waals surface area contributed by atoms with Gasteiger partial charge < -0.3 is 14.8 Å². The second kappa shape index (κ2) is 7.94. The van der Waals surface area contributed by atoms with Crippen molar-refractivity contribution in [2.24, 2.45) is 0 Å². The van der Waals surface area contributed by atoms with Gasteiger partial charge in [0, 0.05) is 16.2 Å². The number of thioether (sulfide) groups is 1. The Hall–Kier alpha value is -2.36. The first kappa shape index (κ1) is 19.0. The van der Waals surface area contributed by atoms with Crippen LogP contribution in [0.3, 0.4) is 0 Å². The predicted octanol–water partition coefficient (Wildman–Crippen LogP) is 4.02. The van der Waals surface area contributed by atoms with E-state index in [1.807, 2.05) is 24.3 Å². The van der Waals surface area contributed by atoms with Crippen molar-refractivity contribution in [2.75, 3.05) is 18.7 Å². The van der Waals surface area contributed by atoms with E-state index in [9.17, 15) is 9.59 Å². The third kappa shape index (κ3) is 4.06. The van der Waals surface area contributed by atoms with Crippen LogP contribution >= 0.6 is 39.9 Å². The molecule has 6 nitrogen and oxygen atoms in total. The molecule has 2 heterocycles. The molecule has 0 aliphatic carbocycles. The quantitative estimate of drug-likeness (QED) is 0.530. The fourth-order valence-electron chi connectivity index (χ4n) is 2.70. The molecule has 0 atom stereocenters. The maximum atomic E-state index is 12.7. The molecule has 1 fully saturated rings. The minimum absolute atomic E-state index is 0.158. The average molecular weight is 477 g/mol. The third-order valence-electron chi connectivity index (χ3n) is 3.98. The van der Waals surface area contributed by atoms with E-state index in [0.717, 1.165) is 10.0 Å². The highest BCUT2D eigenvalue weighted by molar-refractivity contribution is 9.10. The SMILES string of the molecule is O=C(CN1C(=O)/C(=C/c2cccc(Br)c2)SC1=S)Nc1ccc2c(c1)OCO2. The molecule has 9 heteroatoms. The minimum Gasteiger partial charge on any atom is -0.454 e. The summed E-state index contributed by atoms with van der Waals surface area (Å²) in [5, 5.41) is 2.75. The van der Waals surface area contributed by atoms with Crippen molar-refractivity contribution in [3.8, 4) is 11.5 Å². The van der Waals surface area contributed by atoms with Gasteiger partial charge in [0.2, 0.25) is 12.7 Å². The molecular formula is C19H13BrN2O4S2. The number of ether oxygens (including phenoxy) is 2. The molecule has 0 aromatic heterocycles. The Morgan fingerprint density at radius 3 is 2.89 bits per heavy atom. The maximum Gasteiger partial charge on any atom is 0.266 e. The van der Waals surface area contributed by atoms with Gasteiger partial charge in [-0.1, -0.05) is 52.0 Å². The van der Waals surface area contributed by atoms with Gasteiger partial charge in [0.15, 0.2) is 11.5 Å². The van der Waals surface area contributed by atoms with E-state index in [0.29, 0.717) is 26.4 Å². The largest absolute Gasteiger partial charge is 0.454 e. The normalized spacial score (nSPS) is 16.8. The Morgan fingerprint density at radius 2 is 2.07 bits per heavy atom. The zero-order valence-corrected chi connectivity index (χ0v) is 17.5. The number of hydrogen-bond donors (Lipinski definition) is 1. The van der Waals surface area contributed by atoms with Crippen molar-refractivity contribution in [3.63, 3.8) is 0 Å². The number of carbonyl (C=O) groups excluding carboxylic acids is 2. The molecule has 0 unspecified atom stereocenters. The number of thiocarbonyl (C=S) groups is 1. The lowest BCUT2D eigenvalue weighted by molar-refractivity contribution is -0.126. The van der Waals surface area contributed by atoms with Gasteiger partial charge in [-0.15, -0.1) is 0 Å². The number of fused-ring (bicyclic) bond motifs is 1. The highest BCUT2D eigenvalue weighted by Gasteiger charge is 2.33. The molecule has 2 aromatic rings. The molecule has 2 aliphatic rings. The Balaban J connectivity index is 1.43. The lowest BCUT2D eigenvalue weighted by atomic mass is 10.2. The molecule has 0 saturated carbocycles. The number of benzene rings is 2. The smallest absolute Gasteiger partial charge is 0.266 e. The van der Waals surface area contributed by atoms with Crippen LogP contribution in [0.25, 0.3) is 6.08 Å². The second-order valence-electron chi connectivity index (χ2n) is 5.94. The average Bonchev–Trinajstić information content (AvgIpc) is 3.21. The summed E-state index contributed by atoms with van der Waals surface area (Å²) in [5.74, 6) is 0.572. The van der Waals surface area contributed by atoms with Crippen LogP contribution in [0, 0.1) is 0 Å². The minimum atomic E-state index is -0.348. The molecule has 0 spiro atoms. The highest BCUT2D eigenvalue weighted by atomic mass is 79.9. The fraction of sp³-hybridized carbons (Fsp3) is 0.105. The van der Waals surface area contributed by atoms with E-state index in [-0.39, 0.29) is 25.2 Å². The molecule has 0 bridgehead atoms. The summed E-state index contributed by atoms with van der Waals surface area (Å²) in [4.78, 5) is 26.8. The maximum absolute atomic E-state index is 12.7. The van der Waals surface area contributed by atoms with E-state index in [1.165, 1.54) is 16.7 Å². The van der Waals surface area contributed by atoms with Gasteiger partial charge >= 0.3 is 0 Å². The van der Waals surface area contributed by atoms with Crippen LogP contribution in [0.15, 0.2) is 51.8 Å². The molecular weight excluding hydrogens is 464 g/mol. The lowest BCUT2D eigenvalue weighted by Crippen LogP contribution is -2.36. The van der Waals surface area contributed by atoms with Gasteiger partial charge in [-0.05, 0) is 35.9 Å². The standard InChI is InChI=1S/C19H13BrN2O4S2/c20-12-3-1-2-11(6-12)7-16-18(24)22(19(27)28-16)9-17(23)21-13-4-5-14-15(8-13)26-10-25-14/h1-8H,9-10H2,(H,21,23)/b16-7-. The van der Waals surface area contributed by atoms with Crippen LogP contribution in [0.1, 0.15) is 5.56 Å². The summed E-state index contributed by atoms with van der Waals surface area (Å²) in [6.45, 7) is 0.00252. The summed E-state index contributed by atoms with van der Waals surface area (Å²) in [7, 11) is 0. The number of amides is 2. The Labute approximate surface area is 179 Å². The zero-order valence-electron chi connectivity index (χ0n) is 14.3. The first-order chi connectivity index (χ1) is 13.5. The predicted molar refractivity (Wildman–Crippen MR) is 115 cm³/mol. The first-order valence-electron chi connectivity index (χ1n) is 8.20. The molecule has 2 amide bonds. The molecule has 142 valence electrons. The van der Waals surface area contributed by atoms with Crippen LogP contribution in [-0.4, -0.2) is 34.4 Å². The Morgan fingerprint density at radius 1 is 1.25 bits per heavy atom. The van der Waals surface area contributed by atoms with Gasteiger partial charge in [0.05, 0.1) is 4.91 Å². The van der Waals surface area contributed by atoms with Crippen molar-refractivity contribution in [3.05, 3.63) is 57.4 Å². The number of nitrogens with zero attached hydrogens (tertiary/aromatic N) is 1. The van der Waals surface area contributed by atoms with Crippen molar-refractivity contribution in [1.29, 1.82) is 0 Å². The van der Waals surface area contributed by atoms with Crippen molar-refractivity contribution < 1.29 is 19.1 Å². The van der Waals surface area contributed by atoms with Crippen molar-refractivity contribution >= 4 is 67.8 Å². The first-order valence-corrected chi connectivity index (χ1v) is 10.2. The van der Waals surface area contributed by atoms with E-state index in [4.69, 9.17) is 21.7 Å². The van der Waals surface area contributed by atoms with Crippen molar-refractivity contribution in [2.45, 2.75) is 0 Å². The van der Waals surface area contributed by atoms with Crippen LogP contribution in [-0.2, 0) is 9.59 Å². The number of rotatable bonds is 4. The third-order valence-corrected chi connectivity index (χ3v) is 5.85. The molecule has 0 radical (unpaired) electrons. The van der Waals surface area contributed by atoms with Crippen LogP contribution < -0.4 is 14.8 Å². The lowest BCUT2D eigenvalue weighted by Gasteiger charge is -2.14. The number of halogens is 1. The summed E-state index contributed by atoms with van der Waals surface area (Å²) >= 11 is 9.88. The van der Waals surface area contributed by atoms with Crippen LogP contribution in [0.4, 0.5) is 5.69 Å². The molecule has 2 aromatic carbocycles. The van der Waals surface area contributed by atoms with Gasteiger partial charge in [-0.2, -0.15) is 0 Å². The van der Waals surface area contributed by atoms with E-state index in [1.54, 1.807) is 24.3 Å². The van der Waals surface area contributed by atoms with E-state index < -0.39 is 0 Å². The van der Waals surface area contributed by atoms with Gasteiger partial charge in [-0.25, -0.2) is 0 Å². The highest BCUT2D eigenvalue weighted by Crippen LogP contribution is 2.35. The number of anilines is 1. The molecule has 28 heavy (non-hydrogen) atoms. The number of carbonyl (C=O) groups is 2. The monoisotopic (exact) mass is 476 g/mol. The summed E-state index contributed by atoms with van der Waals surface area (Å²) in [6.07, 6.45) is 1.76. The summed E-state index contributed by atoms with van der Waals surface area (Å²) < 4.78 is 11.8. The summed E-state index contributed by atoms with van der Waals surface area (Å²) in [5.41, 5.74) is 1.43. The molecule has 4 rings (SSSR count). The van der Waals surface area contributed by atoms with E-state index >= 15 is 0 Å². The van der Waals surface area contributed by atoms with Gasteiger partial charge in [-0.3, -0.25) is 14.5 Å². The van der Waals surface area contributed by atoms with Crippen LogP contribution in [0.2, 0.25) is 0 Å². The zero-order chi connectivity index (χ0) is 19.7. The molecule has 1 N–H and O–H groups in total. The van der Waals surface area contributed by atoms with Crippen molar-refractivity contribution in [1.82, 2.24) is 4.90 Å².